The third-order valence-corrected chi connectivity index (χ3v) is 3.75. The van der Waals surface area contributed by atoms with Crippen LogP contribution in [-0.4, -0.2) is 31.8 Å². The van der Waals surface area contributed by atoms with Gasteiger partial charge in [-0.05, 0) is 56.9 Å². The largest absolute Gasteiger partial charge is 0.376 e. The molecule has 1 fully saturated rings. The third-order valence-electron chi connectivity index (χ3n) is 3.75. The summed E-state index contributed by atoms with van der Waals surface area (Å²) >= 11 is 0. The highest BCUT2D eigenvalue weighted by Gasteiger charge is 2.20. The van der Waals surface area contributed by atoms with E-state index in [1.54, 1.807) is 6.07 Å². The molecule has 0 aromatic heterocycles. The molecule has 0 bridgehead atoms. The fourth-order valence-corrected chi connectivity index (χ4v) is 2.80. The van der Waals surface area contributed by atoms with Gasteiger partial charge in [0.15, 0.2) is 0 Å². The number of anilines is 1. The fraction of sp³-hybridized carbons (Fsp3) is 0.625. The number of rotatable bonds is 6. The predicted octanol–water partition coefficient (Wildman–Crippen LogP) is 2.72. The van der Waals surface area contributed by atoms with Crippen LogP contribution in [-0.2, 0) is 11.2 Å². The average molecular weight is 280 g/mol. The summed E-state index contributed by atoms with van der Waals surface area (Å²) < 4.78 is 19.2. The Labute approximate surface area is 120 Å². The molecule has 1 aliphatic rings. The first-order chi connectivity index (χ1) is 9.60. The van der Waals surface area contributed by atoms with Gasteiger partial charge in [0.2, 0.25) is 0 Å². The Hall–Kier alpha value is -1.13. The SMILES string of the molecule is CCN(CC1CCCO1)c1ccc(F)cc1CC(C)N. The van der Waals surface area contributed by atoms with Crippen LogP contribution in [0.3, 0.4) is 0 Å². The van der Waals surface area contributed by atoms with Crippen molar-refractivity contribution in [1.82, 2.24) is 0 Å². The van der Waals surface area contributed by atoms with Gasteiger partial charge >= 0.3 is 0 Å². The molecule has 0 radical (unpaired) electrons. The number of halogens is 1. The lowest BCUT2D eigenvalue weighted by Gasteiger charge is -2.28. The molecule has 112 valence electrons. The Balaban J connectivity index is 2.18. The number of nitrogens with two attached hydrogens (primary N) is 1. The Kier molecular flexibility index (Phi) is 5.38. The summed E-state index contributed by atoms with van der Waals surface area (Å²) in [7, 11) is 0. The fourth-order valence-electron chi connectivity index (χ4n) is 2.80. The number of ether oxygens (including phenoxy) is 1. The zero-order valence-corrected chi connectivity index (χ0v) is 12.4. The van der Waals surface area contributed by atoms with Gasteiger partial charge in [-0.15, -0.1) is 0 Å². The summed E-state index contributed by atoms with van der Waals surface area (Å²) in [6.45, 7) is 6.68. The molecular formula is C16H25FN2O. The monoisotopic (exact) mass is 280 g/mol. The molecule has 1 aromatic rings. The van der Waals surface area contributed by atoms with E-state index >= 15 is 0 Å². The van der Waals surface area contributed by atoms with E-state index in [0.29, 0.717) is 12.5 Å². The van der Waals surface area contributed by atoms with Crippen molar-refractivity contribution in [3.05, 3.63) is 29.6 Å². The molecular weight excluding hydrogens is 255 g/mol. The number of nitrogens with zero attached hydrogens (tertiary/aromatic N) is 1. The lowest BCUT2D eigenvalue weighted by atomic mass is 10.0. The van der Waals surface area contributed by atoms with Gasteiger partial charge in [-0.1, -0.05) is 0 Å². The minimum atomic E-state index is -0.197. The minimum absolute atomic E-state index is 0.0250. The zero-order valence-electron chi connectivity index (χ0n) is 12.4. The number of benzene rings is 1. The Bertz CT molecular complexity index is 430. The van der Waals surface area contributed by atoms with Crippen molar-refractivity contribution in [3.8, 4) is 0 Å². The van der Waals surface area contributed by atoms with Gasteiger partial charge in [0, 0.05) is 31.4 Å². The first-order valence-corrected chi connectivity index (χ1v) is 7.50. The van der Waals surface area contributed by atoms with Crippen LogP contribution in [0.1, 0.15) is 32.3 Å². The maximum atomic E-state index is 13.5. The molecule has 1 aromatic carbocycles. The highest BCUT2D eigenvalue weighted by molar-refractivity contribution is 5.54. The van der Waals surface area contributed by atoms with E-state index in [1.165, 1.54) is 6.07 Å². The maximum absolute atomic E-state index is 13.5. The standard InChI is InChI=1S/C16H25FN2O/c1-3-19(11-15-5-4-8-20-15)16-7-6-14(17)10-13(16)9-12(2)18/h6-7,10,12,15H,3-5,8-9,11,18H2,1-2H3. The van der Waals surface area contributed by atoms with Gasteiger partial charge in [-0.25, -0.2) is 4.39 Å². The first-order valence-electron chi connectivity index (χ1n) is 7.50. The van der Waals surface area contributed by atoms with E-state index in [0.717, 1.165) is 43.8 Å². The molecule has 2 unspecified atom stereocenters. The van der Waals surface area contributed by atoms with Crippen molar-refractivity contribution in [2.75, 3.05) is 24.6 Å². The van der Waals surface area contributed by atoms with E-state index in [2.05, 4.69) is 11.8 Å². The number of likely N-dealkylation sites (N-methyl/N-ethyl adjacent to an activating group) is 1. The number of hydrogen-bond acceptors (Lipinski definition) is 3. The smallest absolute Gasteiger partial charge is 0.123 e. The van der Waals surface area contributed by atoms with Gasteiger partial charge in [0.05, 0.1) is 6.10 Å². The molecule has 3 nitrogen and oxygen atoms in total. The molecule has 4 heteroatoms. The zero-order chi connectivity index (χ0) is 14.5. The van der Waals surface area contributed by atoms with Crippen LogP contribution < -0.4 is 10.6 Å². The van der Waals surface area contributed by atoms with Crippen molar-refractivity contribution >= 4 is 5.69 Å². The molecule has 2 N–H and O–H groups in total. The van der Waals surface area contributed by atoms with Gasteiger partial charge in [0.25, 0.3) is 0 Å². The highest BCUT2D eigenvalue weighted by atomic mass is 19.1. The highest BCUT2D eigenvalue weighted by Crippen LogP contribution is 2.25. The average Bonchev–Trinajstić information content (AvgIpc) is 2.89. The number of hydrogen-bond donors (Lipinski definition) is 1. The summed E-state index contributed by atoms with van der Waals surface area (Å²) in [6, 6.07) is 5.03. The second-order valence-corrected chi connectivity index (χ2v) is 5.63. The second kappa shape index (κ2) is 7.04. The van der Waals surface area contributed by atoms with Crippen LogP contribution in [0.15, 0.2) is 18.2 Å². The Morgan fingerprint density at radius 2 is 2.30 bits per heavy atom. The molecule has 0 saturated carbocycles. The van der Waals surface area contributed by atoms with Crippen LogP contribution in [0, 0.1) is 5.82 Å². The van der Waals surface area contributed by atoms with Gasteiger partial charge < -0.3 is 15.4 Å². The van der Waals surface area contributed by atoms with Crippen LogP contribution in [0.4, 0.5) is 10.1 Å². The Morgan fingerprint density at radius 1 is 1.50 bits per heavy atom. The van der Waals surface area contributed by atoms with Crippen molar-refractivity contribution in [1.29, 1.82) is 0 Å². The van der Waals surface area contributed by atoms with Crippen molar-refractivity contribution < 1.29 is 9.13 Å². The van der Waals surface area contributed by atoms with E-state index in [1.807, 2.05) is 13.0 Å². The van der Waals surface area contributed by atoms with Gasteiger partial charge in [-0.2, -0.15) is 0 Å². The molecule has 2 atom stereocenters. The molecule has 1 heterocycles. The van der Waals surface area contributed by atoms with E-state index < -0.39 is 0 Å². The molecule has 1 aliphatic heterocycles. The molecule has 0 spiro atoms. The maximum Gasteiger partial charge on any atom is 0.123 e. The quantitative estimate of drug-likeness (QED) is 0.870. The summed E-state index contributed by atoms with van der Waals surface area (Å²) in [5.74, 6) is -0.197. The minimum Gasteiger partial charge on any atom is -0.376 e. The normalized spacial score (nSPS) is 20.1. The van der Waals surface area contributed by atoms with Crippen LogP contribution in [0.25, 0.3) is 0 Å². The molecule has 0 amide bonds. The Morgan fingerprint density at radius 3 is 2.90 bits per heavy atom. The lowest BCUT2D eigenvalue weighted by Crippen LogP contribution is -2.33. The third kappa shape index (κ3) is 3.93. The van der Waals surface area contributed by atoms with Crippen LogP contribution in [0.2, 0.25) is 0 Å². The van der Waals surface area contributed by atoms with Crippen molar-refractivity contribution in [2.45, 2.75) is 45.3 Å². The van der Waals surface area contributed by atoms with E-state index in [9.17, 15) is 4.39 Å². The summed E-state index contributed by atoms with van der Waals surface area (Å²) in [5.41, 5.74) is 7.95. The van der Waals surface area contributed by atoms with Crippen LogP contribution in [0.5, 0.6) is 0 Å². The van der Waals surface area contributed by atoms with E-state index in [4.69, 9.17) is 10.5 Å². The second-order valence-electron chi connectivity index (χ2n) is 5.63. The molecule has 0 aliphatic carbocycles. The summed E-state index contributed by atoms with van der Waals surface area (Å²) in [6.07, 6.45) is 3.23. The van der Waals surface area contributed by atoms with Gasteiger partial charge in [0.1, 0.15) is 5.82 Å². The van der Waals surface area contributed by atoms with Gasteiger partial charge in [-0.3, -0.25) is 0 Å². The topological polar surface area (TPSA) is 38.5 Å². The summed E-state index contributed by atoms with van der Waals surface area (Å²) in [5, 5.41) is 0. The van der Waals surface area contributed by atoms with Crippen LogP contribution >= 0.6 is 0 Å². The van der Waals surface area contributed by atoms with E-state index in [-0.39, 0.29) is 11.9 Å². The summed E-state index contributed by atoms with van der Waals surface area (Å²) in [4.78, 5) is 2.27. The van der Waals surface area contributed by atoms with Crippen molar-refractivity contribution in [2.24, 2.45) is 5.73 Å². The molecule has 1 saturated heterocycles. The lowest BCUT2D eigenvalue weighted by molar-refractivity contribution is 0.115. The predicted molar refractivity (Wildman–Crippen MR) is 80.6 cm³/mol. The first kappa shape index (κ1) is 15.3. The van der Waals surface area contributed by atoms with Crippen molar-refractivity contribution in [3.63, 3.8) is 0 Å². The molecule has 2 rings (SSSR count). The molecule has 20 heavy (non-hydrogen) atoms.